The number of aromatic hydroxyl groups is 1. The number of benzene rings is 1. The molecule has 0 spiro atoms. The summed E-state index contributed by atoms with van der Waals surface area (Å²) in [5, 5.41) is 9.37. The van der Waals surface area contributed by atoms with Crippen LogP contribution in [0.1, 0.15) is 28.3 Å². The molecule has 4 N–H and O–H groups in total. The zero-order valence-electron chi connectivity index (χ0n) is 12.0. The molecule has 2 aromatic rings. The zero-order valence-corrected chi connectivity index (χ0v) is 13.7. The van der Waals surface area contributed by atoms with Crippen molar-refractivity contribution in [1.82, 2.24) is 4.72 Å². The van der Waals surface area contributed by atoms with Gasteiger partial charge in [0.15, 0.2) is 0 Å². The smallest absolute Gasteiger partial charge is 0.241 e. The molecule has 0 radical (unpaired) electrons. The van der Waals surface area contributed by atoms with Crippen molar-refractivity contribution < 1.29 is 13.5 Å². The number of sulfonamides is 1. The standard InChI is InChI=1S/C14H18N2O3S2/c1-8-6-12(10(3)20-8)9(2)16-21(18,19)11-4-5-14(17)13(15)7-11/h4-7,9,16-17H,15H2,1-3H3. The molecule has 114 valence electrons. The average molecular weight is 326 g/mol. The molecule has 21 heavy (non-hydrogen) atoms. The van der Waals surface area contributed by atoms with Gasteiger partial charge in [0.25, 0.3) is 0 Å². The first-order valence-corrected chi connectivity index (χ1v) is 8.68. The van der Waals surface area contributed by atoms with E-state index in [4.69, 9.17) is 5.73 Å². The second-order valence-corrected chi connectivity index (χ2v) is 8.11. The third-order valence-electron chi connectivity index (χ3n) is 3.19. The van der Waals surface area contributed by atoms with Gasteiger partial charge in [-0.15, -0.1) is 11.3 Å². The van der Waals surface area contributed by atoms with Crippen molar-refractivity contribution in [1.29, 1.82) is 0 Å². The first kappa shape index (κ1) is 15.8. The number of rotatable bonds is 4. The fraction of sp³-hybridized carbons (Fsp3) is 0.286. The van der Waals surface area contributed by atoms with E-state index in [-0.39, 0.29) is 22.4 Å². The van der Waals surface area contributed by atoms with Crippen LogP contribution >= 0.6 is 11.3 Å². The maximum atomic E-state index is 12.4. The minimum atomic E-state index is -3.69. The number of nitrogens with one attached hydrogen (secondary N) is 1. The van der Waals surface area contributed by atoms with Crippen LogP contribution in [0, 0.1) is 13.8 Å². The number of aryl methyl sites for hydroxylation is 2. The summed E-state index contributed by atoms with van der Waals surface area (Å²) < 4.78 is 27.3. The van der Waals surface area contributed by atoms with Gasteiger partial charge in [-0.3, -0.25) is 0 Å². The van der Waals surface area contributed by atoms with Crippen LogP contribution in [-0.4, -0.2) is 13.5 Å². The lowest BCUT2D eigenvalue weighted by Crippen LogP contribution is -2.27. The molecule has 0 fully saturated rings. The van der Waals surface area contributed by atoms with E-state index in [0.29, 0.717) is 0 Å². The summed E-state index contributed by atoms with van der Waals surface area (Å²) in [6, 6.07) is 5.49. The van der Waals surface area contributed by atoms with Crippen LogP contribution in [-0.2, 0) is 10.0 Å². The largest absolute Gasteiger partial charge is 0.506 e. The van der Waals surface area contributed by atoms with Crippen molar-refractivity contribution in [2.24, 2.45) is 0 Å². The van der Waals surface area contributed by atoms with Crippen LogP contribution in [0.15, 0.2) is 29.2 Å². The lowest BCUT2D eigenvalue weighted by molar-refractivity contribution is 0.477. The predicted molar refractivity (Wildman–Crippen MR) is 85.0 cm³/mol. The third-order valence-corrected chi connectivity index (χ3v) is 5.71. The van der Waals surface area contributed by atoms with E-state index >= 15 is 0 Å². The Kier molecular flexibility index (Phi) is 4.27. The fourth-order valence-corrected chi connectivity index (χ4v) is 4.42. The Labute approximate surface area is 128 Å². The van der Waals surface area contributed by atoms with Crippen LogP contribution in [0.25, 0.3) is 0 Å². The molecule has 0 saturated carbocycles. The van der Waals surface area contributed by atoms with Gasteiger partial charge in [0.2, 0.25) is 10.0 Å². The molecule has 0 aliphatic heterocycles. The molecular weight excluding hydrogens is 308 g/mol. The Morgan fingerprint density at radius 1 is 1.29 bits per heavy atom. The maximum Gasteiger partial charge on any atom is 0.241 e. The Morgan fingerprint density at radius 3 is 2.48 bits per heavy atom. The van der Waals surface area contributed by atoms with Crippen LogP contribution < -0.4 is 10.5 Å². The van der Waals surface area contributed by atoms with Crippen molar-refractivity contribution in [2.75, 3.05) is 5.73 Å². The quantitative estimate of drug-likeness (QED) is 0.595. The number of hydrogen-bond acceptors (Lipinski definition) is 5. The number of thiophene rings is 1. The Balaban J connectivity index is 2.28. The molecule has 1 atom stereocenters. The molecule has 7 heteroatoms. The van der Waals surface area contributed by atoms with E-state index in [2.05, 4.69) is 4.72 Å². The summed E-state index contributed by atoms with van der Waals surface area (Å²) in [5.74, 6) is -0.133. The van der Waals surface area contributed by atoms with Crippen molar-refractivity contribution in [3.63, 3.8) is 0 Å². The van der Waals surface area contributed by atoms with Gasteiger partial charge >= 0.3 is 0 Å². The molecule has 1 aromatic carbocycles. The minimum Gasteiger partial charge on any atom is -0.506 e. The van der Waals surface area contributed by atoms with E-state index in [1.54, 1.807) is 18.3 Å². The molecule has 0 amide bonds. The summed E-state index contributed by atoms with van der Waals surface area (Å²) in [6.45, 7) is 5.76. The lowest BCUT2D eigenvalue weighted by Gasteiger charge is -2.15. The van der Waals surface area contributed by atoms with Crippen molar-refractivity contribution in [3.05, 3.63) is 39.6 Å². The van der Waals surface area contributed by atoms with Gasteiger partial charge in [0.05, 0.1) is 10.6 Å². The van der Waals surface area contributed by atoms with Gasteiger partial charge in [-0.05, 0) is 50.6 Å². The Hall–Kier alpha value is -1.57. The second kappa shape index (κ2) is 5.67. The summed E-state index contributed by atoms with van der Waals surface area (Å²) >= 11 is 1.64. The summed E-state index contributed by atoms with van der Waals surface area (Å²) in [4.78, 5) is 2.27. The van der Waals surface area contributed by atoms with Gasteiger partial charge in [-0.25, -0.2) is 13.1 Å². The molecule has 0 saturated heterocycles. The highest BCUT2D eigenvalue weighted by Crippen LogP contribution is 2.28. The molecule has 1 aromatic heterocycles. The fourth-order valence-electron chi connectivity index (χ4n) is 2.14. The summed E-state index contributed by atoms with van der Waals surface area (Å²) in [5.41, 5.74) is 6.55. The van der Waals surface area contributed by atoms with Gasteiger partial charge < -0.3 is 10.8 Å². The molecule has 0 aliphatic rings. The lowest BCUT2D eigenvalue weighted by atomic mass is 10.1. The number of nitrogen functional groups attached to an aromatic ring is 1. The first-order valence-electron chi connectivity index (χ1n) is 6.38. The molecule has 5 nitrogen and oxygen atoms in total. The van der Waals surface area contributed by atoms with Crippen molar-refractivity contribution in [2.45, 2.75) is 31.7 Å². The van der Waals surface area contributed by atoms with Gasteiger partial charge in [0.1, 0.15) is 5.75 Å². The highest BCUT2D eigenvalue weighted by molar-refractivity contribution is 7.89. The zero-order chi connectivity index (χ0) is 15.8. The van der Waals surface area contributed by atoms with Crippen molar-refractivity contribution in [3.8, 4) is 5.75 Å². The first-order chi connectivity index (χ1) is 9.70. The van der Waals surface area contributed by atoms with E-state index < -0.39 is 10.0 Å². The average Bonchev–Trinajstić information content (AvgIpc) is 2.71. The highest BCUT2D eigenvalue weighted by atomic mass is 32.2. The van der Waals surface area contributed by atoms with Crippen LogP contribution in [0.4, 0.5) is 5.69 Å². The third kappa shape index (κ3) is 3.37. The Bertz CT molecular complexity index is 767. The Morgan fingerprint density at radius 2 is 1.95 bits per heavy atom. The van der Waals surface area contributed by atoms with Crippen LogP contribution in [0.5, 0.6) is 5.75 Å². The normalized spacial score (nSPS) is 13.3. The number of phenols is 1. The number of phenolic OH excluding ortho intramolecular Hbond substituents is 1. The number of anilines is 1. The SMILES string of the molecule is Cc1cc(C(C)NS(=O)(=O)c2ccc(O)c(N)c2)c(C)s1. The summed E-state index contributed by atoms with van der Waals surface area (Å²) in [7, 11) is -3.69. The van der Waals surface area contributed by atoms with Crippen LogP contribution in [0.2, 0.25) is 0 Å². The van der Waals surface area contributed by atoms with E-state index in [1.807, 2.05) is 19.9 Å². The van der Waals surface area contributed by atoms with E-state index in [0.717, 1.165) is 15.3 Å². The van der Waals surface area contributed by atoms with E-state index in [1.165, 1.54) is 18.2 Å². The van der Waals surface area contributed by atoms with Crippen molar-refractivity contribution >= 4 is 27.0 Å². The van der Waals surface area contributed by atoms with Gasteiger partial charge in [-0.1, -0.05) is 0 Å². The highest BCUT2D eigenvalue weighted by Gasteiger charge is 2.21. The topological polar surface area (TPSA) is 92.4 Å². The minimum absolute atomic E-state index is 0.0353. The molecule has 0 bridgehead atoms. The van der Waals surface area contributed by atoms with Crippen LogP contribution in [0.3, 0.4) is 0 Å². The maximum absolute atomic E-state index is 12.4. The molecular formula is C14H18N2O3S2. The monoisotopic (exact) mass is 326 g/mol. The number of hydrogen-bond donors (Lipinski definition) is 3. The summed E-state index contributed by atoms with van der Waals surface area (Å²) in [6.07, 6.45) is 0. The molecule has 1 unspecified atom stereocenters. The molecule has 2 rings (SSSR count). The van der Waals surface area contributed by atoms with E-state index in [9.17, 15) is 13.5 Å². The predicted octanol–water partition coefficient (Wildman–Crippen LogP) is 2.69. The number of nitrogens with two attached hydrogens (primary N) is 1. The second-order valence-electron chi connectivity index (χ2n) is 4.93. The molecule has 1 heterocycles. The van der Waals surface area contributed by atoms with Gasteiger partial charge in [-0.2, -0.15) is 0 Å². The van der Waals surface area contributed by atoms with Gasteiger partial charge in [0, 0.05) is 15.8 Å². The molecule has 0 aliphatic carbocycles.